The molecule has 1 aromatic heterocycles. The number of rotatable bonds is 0. The van der Waals surface area contributed by atoms with Crippen LogP contribution in [-0.4, -0.2) is 0 Å². The molecule has 1 aliphatic carbocycles. The van der Waals surface area contributed by atoms with Crippen molar-refractivity contribution < 1.29 is 0 Å². The van der Waals surface area contributed by atoms with Crippen LogP contribution in [0.15, 0.2) is 30.4 Å². The van der Waals surface area contributed by atoms with E-state index in [0.717, 1.165) is 6.42 Å². The lowest BCUT2D eigenvalue weighted by Crippen LogP contribution is -1.73. The first-order valence-electron chi connectivity index (χ1n) is 5.21. The first kappa shape index (κ1) is 8.93. The Hall–Kier alpha value is -1.34. The van der Waals surface area contributed by atoms with E-state index >= 15 is 0 Å². The third-order valence-corrected chi connectivity index (χ3v) is 4.13. The fraction of sp³-hybridized carbons (Fsp3) is 0.143. The summed E-state index contributed by atoms with van der Waals surface area (Å²) in [6.07, 6.45) is 10.0. The van der Waals surface area contributed by atoms with Gasteiger partial charge in [0.05, 0.1) is 0 Å². The Morgan fingerprint density at radius 3 is 2.93 bits per heavy atom. The van der Waals surface area contributed by atoms with E-state index in [2.05, 4.69) is 49.4 Å². The maximum atomic E-state index is 2.26. The SMILES string of the molecule is Cc1cccc2c3c(sc12)C=CCC=C3. The van der Waals surface area contributed by atoms with Crippen molar-refractivity contribution in [3.63, 3.8) is 0 Å². The maximum absolute atomic E-state index is 2.26. The first-order valence-corrected chi connectivity index (χ1v) is 6.03. The molecule has 1 aliphatic rings. The van der Waals surface area contributed by atoms with Crippen molar-refractivity contribution in [3.05, 3.63) is 46.4 Å². The van der Waals surface area contributed by atoms with E-state index in [-0.39, 0.29) is 0 Å². The quantitative estimate of drug-likeness (QED) is 0.596. The number of hydrogen-bond acceptors (Lipinski definition) is 1. The van der Waals surface area contributed by atoms with Crippen molar-refractivity contribution in [3.8, 4) is 0 Å². The summed E-state index contributed by atoms with van der Waals surface area (Å²) in [5.41, 5.74) is 2.78. The molecule has 0 unspecified atom stereocenters. The minimum Gasteiger partial charge on any atom is -0.135 e. The van der Waals surface area contributed by atoms with Crippen molar-refractivity contribution in [1.82, 2.24) is 0 Å². The van der Waals surface area contributed by atoms with Crippen LogP contribution in [-0.2, 0) is 0 Å². The molecule has 0 fully saturated rings. The molecule has 0 nitrogen and oxygen atoms in total. The number of thiophene rings is 1. The van der Waals surface area contributed by atoms with Gasteiger partial charge in [0, 0.05) is 15.0 Å². The Morgan fingerprint density at radius 1 is 1.13 bits per heavy atom. The summed E-state index contributed by atoms with van der Waals surface area (Å²) in [5.74, 6) is 0. The standard InChI is InChI=1S/C14H12S/c1-10-6-5-8-12-11-7-3-2-4-9-13(11)15-14(10)12/h3-9H,2H2,1H3. The summed E-state index contributed by atoms with van der Waals surface area (Å²) >= 11 is 1.90. The van der Waals surface area contributed by atoms with Crippen LogP contribution in [0.25, 0.3) is 22.2 Å². The molecule has 0 spiro atoms. The number of aryl methyl sites for hydroxylation is 1. The molecule has 0 aliphatic heterocycles. The fourth-order valence-corrected chi connectivity index (χ4v) is 3.22. The number of fused-ring (bicyclic) bond motifs is 3. The van der Waals surface area contributed by atoms with Crippen LogP contribution in [0, 0.1) is 6.92 Å². The van der Waals surface area contributed by atoms with Crippen molar-refractivity contribution >= 4 is 33.6 Å². The minimum absolute atomic E-state index is 1.05. The van der Waals surface area contributed by atoms with Crippen molar-refractivity contribution in [2.45, 2.75) is 13.3 Å². The Kier molecular flexibility index (Phi) is 2.00. The highest BCUT2D eigenvalue weighted by Crippen LogP contribution is 2.36. The second-order valence-electron chi connectivity index (χ2n) is 3.87. The Morgan fingerprint density at radius 2 is 2.00 bits per heavy atom. The molecular weight excluding hydrogens is 200 g/mol. The van der Waals surface area contributed by atoms with Gasteiger partial charge in [0.25, 0.3) is 0 Å². The molecule has 0 radical (unpaired) electrons. The molecule has 1 heteroatoms. The molecule has 3 rings (SSSR count). The monoisotopic (exact) mass is 212 g/mol. The van der Waals surface area contributed by atoms with E-state index in [1.807, 2.05) is 11.3 Å². The van der Waals surface area contributed by atoms with Gasteiger partial charge in [0.15, 0.2) is 0 Å². The molecule has 0 saturated carbocycles. The van der Waals surface area contributed by atoms with E-state index in [1.165, 1.54) is 26.1 Å². The normalized spacial score (nSPS) is 14.2. The average Bonchev–Trinajstić information content (AvgIpc) is 2.45. The minimum atomic E-state index is 1.05. The lowest BCUT2D eigenvalue weighted by Gasteiger charge is -1.95. The van der Waals surface area contributed by atoms with E-state index in [4.69, 9.17) is 0 Å². The van der Waals surface area contributed by atoms with Gasteiger partial charge in [-0.1, -0.05) is 36.4 Å². The number of hydrogen-bond donors (Lipinski definition) is 0. The maximum Gasteiger partial charge on any atom is 0.0384 e. The zero-order chi connectivity index (χ0) is 10.3. The highest BCUT2D eigenvalue weighted by molar-refractivity contribution is 7.20. The van der Waals surface area contributed by atoms with Gasteiger partial charge in [-0.2, -0.15) is 0 Å². The van der Waals surface area contributed by atoms with Crippen molar-refractivity contribution in [2.75, 3.05) is 0 Å². The third kappa shape index (κ3) is 1.35. The van der Waals surface area contributed by atoms with Crippen LogP contribution in [0.3, 0.4) is 0 Å². The zero-order valence-corrected chi connectivity index (χ0v) is 9.47. The lowest BCUT2D eigenvalue weighted by atomic mass is 10.1. The van der Waals surface area contributed by atoms with Gasteiger partial charge in [0.1, 0.15) is 0 Å². The lowest BCUT2D eigenvalue weighted by molar-refractivity contribution is 1.44. The first-order chi connectivity index (χ1) is 7.36. The molecule has 0 bridgehead atoms. The third-order valence-electron chi connectivity index (χ3n) is 2.81. The summed E-state index contributed by atoms with van der Waals surface area (Å²) in [7, 11) is 0. The van der Waals surface area contributed by atoms with Crippen LogP contribution >= 0.6 is 11.3 Å². The predicted molar refractivity (Wildman–Crippen MR) is 69.2 cm³/mol. The van der Waals surface area contributed by atoms with Crippen LogP contribution in [0.2, 0.25) is 0 Å². The Balaban J connectivity index is 2.43. The highest BCUT2D eigenvalue weighted by Gasteiger charge is 2.09. The van der Waals surface area contributed by atoms with Crippen LogP contribution in [0.4, 0.5) is 0 Å². The molecule has 1 heterocycles. The molecule has 0 N–H and O–H groups in total. The van der Waals surface area contributed by atoms with Crippen LogP contribution in [0.1, 0.15) is 22.4 Å². The van der Waals surface area contributed by atoms with Gasteiger partial charge in [-0.3, -0.25) is 0 Å². The van der Waals surface area contributed by atoms with Gasteiger partial charge in [-0.05, 0) is 30.5 Å². The van der Waals surface area contributed by atoms with Crippen LogP contribution < -0.4 is 0 Å². The Bertz CT molecular complexity index is 570. The molecule has 2 aromatic rings. The van der Waals surface area contributed by atoms with Gasteiger partial charge >= 0.3 is 0 Å². The van der Waals surface area contributed by atoms with Crippen molar-refractivity contribution in [2.24, 2.45) is 0 Å². The van der Waals surface area contributed by atoms with E-state index in [0.29, 0.717) is 0 Å². The molecule has 15 heavy (non-hydrogen) atoms. The molecular formula is C14H12S. The topological polar surface area (TPSA) is 0 Å². The van der Waals surface area contributed by atoms with E-state index < -0.39 is 0 Å². The molecule has 0 amide bonds. The zero-order valence-electron chi connectivity index (χ0n) is 8.66. The molecule has 0 saturated heterocycles. The van der Waals surface area contributed by atoms with E-state index in [1.54, 1.807) is 0 Å². The van der Waals surface area contributed by atoms with Gasteiger partial charge in [-0.15, -0.1) is 11.3 Å². The predicted octanol–water partition coefficient (Wildman–Crippen LogP) is 4.64. The van der Waals surface area contributed by atoms with Gasteiger partial charge < -0.3 is 0 Å². The Labute approximate surface area is 93.6 Å². The molecule has 1 aromatic carbocycles. The summed E-state index contributed by atoms with van der Waals surface area (Å²) in [4.78, 5) is 1.40. The van der Waals surface area contributed by atoms with E-state index in [9.17, 15) is 0 Å². The summed E-state index contributed by atoms with van der Waals surface area (Å²) < 4.78 is 1.43. The summed E-state index contributed by atoms with van der Waals surface area (Å²) in [5, 5.41) is 1.40. The highest BCUT2D eigenvalue weighted by atomic mass is 32.1. The van der Waals surface area contributed by atoms with Crippen LogP contribution in [0.5, 0.6) is 0 Å². The van der Waals surface area contributed by atoms with Gasteiger partial charge in [0.2, 0.25) is 0 Å². The largest absolute Gasteiger partial charge is 0.135 e. The smallest absolute Gasteiger partial charge is 0.0384 e. The molecule has 0 atom stereocenters. The summed E-state index contributed by atoms with van der Waals surface area (Å²) in [6.45, 7) is 2.19. The average molecular weight is 212 g/mol. The summed E-state index contributed by atoms with van der Waals surface area (Å²) in [6, 6.07) is 6.56. The van der Waals surface area contributed by atoms with Crippen molar-refractivity contribution in [1.29, 1.82) is 0 Å². The second-order valence-corrected chi connectivity index (χ2v) is 4.92. The molecule has 74 valence electrons. The number of benzene rings is 1. The second kappa shape index (κ2) is 3.35. The number of allylic oxidation sites excluding steroid dienone is 2. The van der Waals surface area contributed by atoms with Gasteiger partial charge in [-0.25, -0.2) is 0 Å². The fourth-order valence-electron chi connectivity index (χ4n) is 2.03.